The van der Waals surface area contributed by atoms with Gasteiger partial charge in [-0.25, -0.2) is 4.79 Å². The van der Waals surface area contributed by atoms with Crippen molar-refractivity contribution in [2.75, 3.05) is 6.61 Å². The standard InChI is InChI=1S/C25H21NO6/c1-2-15-31-22-12-10-19(11-13-22)25(28)32-23-8-3-5-18(16-23)9-14-24(27)20-6-4-7-21(17-20)26(29)30/h3-14,16-17H,2,15H2,1H3/b14-9+. The van der Waals surface area contributed by atoms with Crippen molar-refractivity contribution in [1.82, 2.24) is 0 Å². The zero-order valence-corrected chi connectivity index (χ0v) is 17.4. The molecule has 0 fully saturated rings. The minimum atomic E-state index is -0.552. The van der Waals surface area contributed by atoms with Gasteiger partial charge in [0.15, 0.2) is 5.78 Å². The second-order valence-electron chi connectivity index (χ2n) is 6.84. The minimum Gasteiger partial charge on any atom is -0.494 e. The van der Waals surface area contributed by atoms with Crippen molar-refractivity contribution < 1.29 is 24.0 Å². The van der Waals surface area contributed by atoms with Gasteiger partial charge >= 0.3 is 5.97 Å². The van der Waals surface area contributed by atoms with Crippen LogP contribution in [0.2, 0.25) is 0 Å². The number of hydrogen-bond donors (Lipinski definition) is 0. The average molecular weight is 431 g/mol. The summed E-state index contributed by atoms with van der Waals surface area (Å²) in [6, 6.07) is 18.9. The first-order chi connectivity index (χ1) is 15.5. The molecule has 0 atom stereocenters. The van der Waals surface area contributed by atoms with E-state index in [9.17, 15) is 19.7 Å². The SMILES string of the molecule is CCCOc1ccc(C(=O)Oc2cccc(/C=C/C(=O)c3cccc([N+](=O)[O-])c3)c2)cc1. The number of carbonyl (C=O) groups excluding carboxylic acids is 2. The van der Waals surface area contributed by atoms with Crippen molar-refractivity contribution in [3.8, 4) is 11.5 Å². The largest absolute Gasteiger partial charge is 0.494 e. The third kappa shape index (κ3) is 6.12. The van der Waals surface area contributed by atoms with Gasteiger partial charge in [0, 0.05) is 17.7 Å². The van der Waals surface area contributed by atoms with E-state index in [1.807, 2.05) is 6.92 Å². The number of ketones is 1. The van der Waals surface area contributed by atoms with Crippen LogP contribution in [0.1, 0.15) is 39.6 Å². The van der Waals surface area contributed by atoms with Crippen LogP contribution in [0.3, 0.4) is 0 Å². The zero-order valence-electron chi connectivity index (χ0n) is 17.4. The fourth-order valence-electron chi connectivity index (χ4n) is 2.80. The lowest BCUT2D eigenvalue weighted by Crippen LogP contribution is -2.08. The molecule has 0 amide bonds. The molecule has 3 aromatic rings. The summed E-state index contributed by atoms with van der Waals surface area (Å²) < 4.78 is 10.9. The predicted octanol–water partition coefficient (Wildman–Crippen LogP) is 5.50. The molecule has 0 unspecified atom stereocenters. The number of allylic oxidation sites excluding steroid dienone is 1. The molecule has 162 valence electrons. The van der Waals surface area contributed by atoms with Crippen molar-refractivity contribution in [3.63, 3.8) is 0 Å². The lowest BCUT2D eigenvalue weighted by atomic mass is 10.1. The Bertz CT molecular complexity index is 1150. The molecule has 0 aliphatic rings. The number of nitro groups is 1. The molecule has 3 aromatic carbocycles. The second-order valence-corrected chi connectivity index (χ2v) is 6.84. The van der Waals surface area contributed by atoms with E-state index < -0.39 is 10.9 Å². The summed E-state index contributed by atoms with van der Waals surface area (Å²) in [4.78, 5) is 35.0. The molecule has 0 aliphatic carbocycles. The number of non-ortho nitro benzene ring substituents is 1. The highest BCUT2D eigenvalue weighted by atomic mass is 16.6. The molecule has 32 heavy (non-hydrogen) atoms. The quantitative estimate of drug-likeness (QED) is 0.111. The van der Waals surface area contributed by atoms with Gasteiger partial charge in [-0.2, -0.15) is 0 Å². The Morgan fingerprint density at radius 2 is 1.69 bits per heavy atom. The Morgan fingerprint density at radius 1 is 0.938 bits per heavy atom. The fraction of sp³-hybridized carbons (Fsp3) is 0.120. The second kappa shape index (κ2) is 10.7. The molecule has 0 saturated heterocycles. The van der Waals surface area contributed by atoms with E-state index in [4.69, 9.17) is 9.47 Å². The molecular weight excluding hydrogens is 410 g/mol. The summed E-state index contributed by atoms with van der Waals surface area (Å²) in [5.41, 5.74) is 1.08. The molecule has 0 bridgehead atoms. The first-order valence-electron chi connectivity index (χ1n) is 9.98. The molecule has 0 aliphatic heterocycles. The average Bonchev–Trinajstić information content (AvgIpc) is 2.81. The van der Waals surface area contributed by atoms with Crippen LogP contribution >= 0.6 is 0 Å². The highest BCUT2D eigenvalue weighted by Gasteiger charge is 2.11. The number of nitro benzene ring substituents is 1. The molecule has 0 heterocycles. The third-order valence-electron chi connectivity index (χ3n) is 4.40. The Labute approximate surface area is 185 Å². The number of esters is 1. The van der Waals surface area contributed by atoms with E-state index in [-0.39, 0.29) is 17.0 Å². The first kappa shape index (κ1) is 22.4. The highest BCUT2D eigenvalue weighted by Crippen LogP contribution is 2.19. The smallest absolute Gasteiger partial charge is 0.343 e. The van der Waals surface area contributed by atoms with Gasteiger partial charge in [-0.1, -0.05) is 37.3 Å². The predicted molar refractivity (Wildman–Crippen MR) is 120 cm³/mol. The van der Waals surface area contributed by atoms with Crippen molar-refractivity contribution in [1.29, 1.82) is 0 Å². The Kier molecular flexibility index (Phi) is 7.48. The van der Waals surface area contributed by atoms with Gasteiger partial charge in [-0.05, 0) is 54.5 Å². The summed E-state index contributed by atoms with van der Waals surface area (Å²) in [6.07, 6.45) is 3.76. The lowest BCUT2D eigenvalue weighted by Gasteiger charge is -2.07. The molecule has 0 radical (unpaired) electrons. The summed E-state index contributed by atoms with van der Waals surface area (Å²) in [5.74, 6) is 0.123. The Morgan fingerprint density at radius 3 is 2.41 bits per heavy atom. The van der Waals surface area contributed by atoms with Crippen LogP contribution in [0.25, 0.3) is 6.08 Å². The molecule has 3 rings (SSSR count). The Hall–Kier alpha value is -4.26. The van der Waals surface area contributed by atoms with Crippen LogP contribution in [0.4, 0.5) is 5.69 Å². The summed E-state index contributed by atoms with van der Waals surface area (Å²) in [6.45, 7) is 2.62. The van der Waals surface area contributed by atoms with Gasteiger partial charge in [0.05, 0.1) is 17.1 Å². The van der Waals surface area contributed by atoms with Gasteiger partial charge in [0.1, 0.15) is 11.5 Å². The van der Waals surface area contributed by atoms with Crippen molar-refractivity contribution in [2.24, 2.45) is 0 Å². The number of carbonyl (C=O) groups is 2. The zero-order chi connectivity index (χ0) is 22.9. The van der Waals surface area contributed by atoms with Gasteiger partial charge in [-0.15, -0.1) is 0 Å². The number of nitrogens with zero attached hydrogens (tertiary/aromatic N) is 1. The molecule has 7 nitrogen and oxygen atoms in total. The van der Waals surface area contributed by atoms with E-state index in [0.717, 1.165) is 6.42 Å². The maximum atomic E-state index is 12.4. The van der Waals surface area contributed by atoms with E-state index >= 15 is 0 Å². The first-order valence-corrected chi connectivity index (χ1v) is 9.98. The van der Waals surface area contributed by atoms with Crippen LogP contribution in [0.15, 0.2) is 78.9 Å². The molecule has 0 aromatic heterocycles. The summed E-state index contributed by atoms with van der Waals surface area (Å²) in [5, 5.41) is 10.9. The van der Waals surface area contributed by atoms with Gasteiger partial charge in [-0.3, -0.25) is 14.9 Å². The van der Waals surface area contributed by atoms with Crippen LogP contribution in [0, 0.1) is 10.1 Å². The minimum absolute atomic E-state index is 0.150. The molecule has 7 heteroatoms. The number of benzene rings is 3. The molecule has 0 N–H and O–H groups in total. The van der Waals surface area contributed by atoms with Gasteiger partial charge in [0.2, 0.25) is 0 Å². The summed E-state index contributed by atoms with van der Waals surface area (Å²) in [7, 11) is 0. The van der Waals surface area contributed by atoms with E-state index in [0.29, 0.717) is 29.2 Å². The van der Waals surface area contributed by atoms with Crippen LogP contribution in [-0.4, -0.2) is 23.3 Å². The maximum absolute atomic E-state index is 12.4. The van der Waals surface area contributed by atoms with Crippen molar-refractivity contribution in [3.05, 3.63) is 106 Å². The molecular formula is C25H21NO6. The lowest BCUT2D eigenvalue weighted by molar-refractivity contribution is -0.384. The molecule has 0 saturated carbocycles. The topological polar surface area (TPSA) is 95.7 Å². The van der Waals surface area contributed by atoms with Gasteiger partial charge in [0.25, 0.3) is 5.69 Å². The number of ether oxygens (including phenoxy) is 2. The fourth-order valence-corrected chi connectivity index (χ4v) is 2.80. The van der Waals surface area contributed by atoms with Crippen molar-refractivity contribution in [2.45, 2.75) is 13.3 Å². The van der Waals surface area contributed by atoms with Crippen LogP contribution in [0.5, 0.6) is 11.5 Å². The Balaban J connectivity index is 1.66. The van der Waals surface area contributed by atoms with E-state index in [1.165, 1.54) is 30.3 Å². The normalized spacial score (nSPS) is 10.7. The third-order valence-corrected chi connectivity index (χ3v) is 4.40. The van der Waals surface area contributed by atoms with E-state index in [1.54, 1.807) is 54.6 Å². The monoisotopic (exact) mass is 431 g/mol. The highest BCUT2D eigenvalue weighted by molar-refractivity contribution is 6.07. The van der Waals surface area contributed by atoms with E-state index in [2.05, 4.69) is 0 Å². The van der Waals surface area contributed by atoms with Crippen LogP contribution < -0.4 is 9.47 Å². The summed E-state index contributed by atoms with van der Waals surface area (Å²) >= 11 is 0. The van der Waals surface area contributed by atoms with Gasteiger partial charge < -0.3 is 9.47 Å². The number of hydrogen-bond acceptors (Lipinski definition) is 6. The molecule has 0 spiro atoms. The van der Waals surface area contributed by atoms with Crippen LogP contribution in [-0.2, 0) is 0 Å². The number of rotatable bonds is 9. The maximum Gasteiger partial charge on any atom is 0.343 e. The van der Waals surface area contributed by atoms with Crippen molar-refractivity contribution >= 4 is 23.5 Å².